The quantitative estimate of drug-likeness (QED) is 0.392. The highest BCUT2D eigenvalue weighted by atomic mass is 32.1. The molecular weight excluding hydrogens is 434 g/mol. The summed E-state index contributed by atoms with van der Waals surface area (Å²) in [5, 5.41) is 14.0. The molecule has 0 saturated heterocycles. The molecule has 4 rings (SSSR count). The summed E-state index contributed by atoms with van der Waals surface area (Å²) in [5.41, 5.74) is 5.82. The number of carbonyl (C=O) groups is 2. The van der Waals surface area contributed by atoms with Crippen LogP contribution >= 0.6 is 11.3 Å². The van der Waals surface area contributed by atoms with Crippen LogP contribution in [0.4, 0.5) is 5.13 Å². The molecule has 7 heteroatoms. The number of amides is 1. The van der Waals surface area contributed by atoms with E-state index in [1.807, 2.05) is 37.4 Å². The summed E-state index contributed by atoms with van der Waals surface area (Å²) >= 11 is 1.58. The van der Waals surface area contributed by atoms with Crippen molar-refractivity contribution in [2.45, 2.75) is 6.54 Å². The van der Waals surface area contributed by atoms with Gasteiger partial charge in [-0.25, -0.2) is 4.98 Å². The minimum Gasteiger partial charge on any atom is -0.480 e. The molecule has 0 radical (unpaired) electrons. The molecule has 0 spiro atoms. The summed E-state index contributed by atoms with van der Waals surface area (Å²) in [6.45, 7) is 0.238. The third-order valence-corrected chi connectivity index (χ3v) is 6.10. The first-order valence-corrected chi connectivity index (χ1v) is 11.3. The second-order valence-corrected chi connectivity index (χ2v) is 8.42. The van der Waals surface area contributed by atoms with Crippen LogP contribution in [0.2, 0.25) is 0 Å². The predicted molar refractivity (Wildman–Crippen MR) is 132 cm³/mol. The van der Waals surface area contributed by atoms with E-state index in [9.17, 15) is 9.59 Å². The number of aromatic nitrogens is 1. The summed E-state index contributed by atoms with van der Waals surface area (Å²) in [6.07, 6.45) is 0. The average molecular weight is 458 g/mol. The van der Waals surface area contributed by atoms with Gasteiger partial charge in [0.2, 0.25) is 0 Å². The van der Waals surface area contributed by atoms with Gasteiger partial charge in [0.25, 0.3) is 5.91 Å². The Labute approximate surface area is 196 Å². The maximum Gasteiger partial charge on any atom is 0.322 e. The number of aliphatic carboxylic acids is 1. The lowest BCUT2D eigenvalue weighted by atomic mass is 10.0. The highest BCUT2D eigenvalue weighted by Gasteiger charge is 2.11. The number of rotatable bonds is 8. The highest BCUT2D eigenvalue weighted by Crippen LogP contribution is 2.29. The van der Waals surface area contributed by atoms with Crippen LogP contribution in [0.25, 0.3) is 22.4 Å². The third-order valence-electron chi connectivity index (χ3n) is 5.14. The SMILES string of the molecule is CN(Cc1ccc(C(=O)NCC(=O)O)cc1)c1nc(-c2ccc(-c3ccccc3)cc2)cs1. The van der Waals surface area contributed by atoms with Gasteiger partial charge in [0.1, 0.15) is 6.54 Å². The van der Waals surface area contributed by atoms with Crippen molar-refractivity contribution in [2.75, 3.05) is 18.5 Å². The maximum atomic E-state index is 12.0. The summed E-state index contributed by atoms with van der Waals surface area (Å²) in [5.74, 6) is -1.48. The molecule has 0 aliphatic carbocycles. The average Bonchev–Trinajstić information content (AvgIpc) is 3.34. The number of benzene rings is 3. The number of carboxylic acids is 1. The largest absolute Gasteiger partial charge is 0.480 e. The summed E-state index contributed by atoms with van der Waals surface area (Å²) in [6, 6.07) is 25.8. The Kier molecular flexibility index (Phi) is 6.80. The van der Waals surface area contributed by atoms with Crippen molar-refractivity contribution < 1.29 is 14.7 Å². The van der Waals surface area contributed by atoms with E-state index in [0.717, 1.165) is 22.0 Å². The first kappa shape index (κ1) is 22.2. The Morgan fingerprint density at radius 1 is 0.909 bits per heavy atom. The fraction of sp³-hybridized carbons (Fsp3) is 0.115. The maximum absolute atomic E-state index is 12.0. The van der Waals surface area contributed by atoms with E-state index in [2.05, 4.69) is 52.0 Å². The summed E-state index contributed by atoms with van der Waals surface area (Å²) in [7, 11) is 1.98. The highest BCUT2D eigenvalue weighted by molar-refractivity contribution is 7.14. The second kappa shape index (κ2) is 10.1. The van der Waals surface area contributed by atoms with Gasteiger partial charge in [0.15, 0.2) is 5.13 Å². The van der Waals surface area contributed by atoms with Gasteiger partial charge in [0, 0.05) is 30.1 Å². The Balaban J connectivity index is 1.39. The Bertz CT molecular complexity index is 1240. The first-order valence-electron chi connectivity index (χ1n) is 10.4. The van der Waals surface area contributed by atoms with Crippen LogP contribution in [0.1, 0.15) is 15.9 Å². The second-order valence-electron chi connectivity index (χ2n) is 7.59. The summed E-state index contributed by atoms with van der Waals surface area (Å²) in [4.78, 5) is 29.4. The molecule has 0 aliphatic rings. The van der Waals surface area contributed by atoms with E-state index in [0.29, 0.717) is 12.1 Å². The first-order chi connectivity index (χ1) is 16.0. The Morgan fingerprint density at radius 3 is 2.21 bits per heavy atom. The molecule has 6 nitrogen and oxygen atoms in total. The molecule has 0 bridgehead atoms. The molecule has 3 aromatic carbocycles. The van der Waals surface area contributed by atoms with E-state index in [4.69, 9.17) is 10.1 Å². The van der Waals surface area contributed by atoms with Gasteiger partial charge in [-0.05, 0) is 28.8 Å². The third kappa shape index (κ3) is 5.64. The van der Waals surface area contributed by atoms with Gasteiger partial charge in [0.05, 0.1) is 5.69 Å². The van der Waals surface area contributed by atoms with E-state index in [1.54, 1.807) is 23.5 Å². The van der Waals surface area contributed by atoms with Gasteiger partial charge in [-0.1, -0.05) is 66.7 Å². The molecule has 4 aromatic rings. The molecule has 0 aliphatic heterocycles. The van der Waals surface area contributed by atoms with Crippen molar-refractivity contribution in [3.63, 3.8) is 0 Å². The smallest absolute Gasteiger partial charge is 0.322 e. The Morgan fingerprint density at radius 2 is 1.55 bits per heavy atom. The van der Waals surface area contributed by atoms with Gasteiger partial charge >= 0.3 is 5.97 Å². The topological polar surface area (TPSA) is 82.5 Å². The van der Waals surface area contributed by atoms with Crippen LogP contribution in [0.15, 0.2) is 84.2 Å². The number of carboxylic acid groups (broad SMARTS) is 1. The molecule has 2 N–H and O–H groups in total. The zero-order valence-electron chi connectivity index (χ0n) is 18.1. The molecule has 0 atom stereocenters. The van der Waals surface area contributed by atoms with Crippen molar-refractivity contribution in [2.24, 2.45) is 0 Å². The van der Waals surface area contributed by atoms with Crippen molar-refractivity contribution in [3.05, 3.63) is 95.4 Å². The van der Waals surface area contributed by atoms with Gasteiger partial charge in [-0.15, -0.1) is 11.3 Å². The van der Waals surface area contributed by atoms with Crippen molar-refractivity contribution in [1.82, 2.24) is 10.3 Å². The number of hydrogen-bond acceptors (Lipinski definition) is 5. The number of thiazole rings is 1. The number of nitrogens with zero attached hydrogens (tertiary/aromatic N) is 2. The molecule has 0 fully saturated rings. The molecule has 1 aromatic heterocycles. The van der Waals surface area contributed by atoms with Crippen LogP contribution in [-0.2, 0) is 11.3 Å². The minimum atomic E-state index is -1.07. The van der Waals surface area contributed by atoms with Crippen LogP contribution in [0.5, 0.6) is 0 Å². The fourth-order valence-corrected chi connectivity index (χ4v) is 4.20. The number of nitrogens with one attached hydrogen (secondary N) is 1. The van der Waals surface area contributed by atoms with Crippen molar-refractivity contribution >= 4 is 28.3 Å². The fourth-order valence-electron chi connectivity index (χ4n) is 3.40. The van der Waals surface area contributed by atoms with Crippen LogP contribution in [-0.4, -0.2) is 35.6 Å². The zero-order valence-corrected chi connectivity index (χ0v) is 18.9. The number of hydrogen-bond donors (Lipinski definition) is 2. The minimum absolute atomic E-state index is 0.398. The molecule has 0 unspecified atom stereocenters. The van der Waals surface area contributed by atoms with Gasteiger partial charge in [-0.2, -0.15) is 0 Å². The lowest BCUT2D eigenvalue weighted by Gasteiger charge is -2.16. The lowest BCUT2D eigenvalue weighted by Crippen LogP contribution is -2.29. The normalized spacial score (nSPS) is 10.6. The molecule has 0 saturated carbocycles. The molecule has 1 heterocycles. The van der Waals surface area contributed by atoms with Crippen molar-refractivity contribution in [3.8, 4) is 22.4 Å². The number of anilines is 1. The van der Waals surface area contributed by atoms with Crippen LogP contribution in [0.3, 0.4) is 0 Å². The number of carbonyl (C=O) groups excluding carboxylic acids is 1. The summed E-state index contributed by atoms with van der Waals surface area (Å²) < 4.78 is 0. The molecule has 166 valence electrons. The van der Waals surface area contributed by atoms with E-state index < -0.39 is 18.4 Å². The molecular formula is C26H23N3O3S. The van der Waals surface area contributed by atoms with Gasteiger partial charge < -0.3 is 15.3 Å². The van der Waals surface area contributed by atoms with Gasteiger partial charge in [-0.3, -0.25) is 9.59 Å². The standard InChI is InChI=1S/C26H23N3O3S/c1-29(16-18-7-9-22(10-8-18)25(32)27-15-24(30)31)26-28-23(17-33-26)21-13-11-20(12-14-21)19-5-3-2-4-6-19/h2-14,17H,15-16H2,1H3,(H,27,32)(H,30,31). The predicted octanol–water partition coefficient (Wildman–Crippen LogP) is 4.93. The van der Waals surface area contributed by atoms with E-state index >= 15 is 0 Å². The molecule has 1 amide bonds. The van der Waals surface area contributed by atoms with E-state index in [-0.39, 0.29) is 0 Å². The zero-order chi connectivity index (χ0) is 23.2. The van der Waals surface area contributed by atoms with Crippen LogP contribution in [0, 0.1) is 0 Å². The lowest BCUT2D eigenvalue weighted by molar-refractivity contribution is -0.135. The Hall–Kier alpha value is -3.97. The van der Waals surface area contributed by atoms with Crippen LogP contribution < -0.4 is 10.2 Å². The van der Waals surface area contributed by atoms with Crippen molar-refractivity contribution in [1.29, 1.82) is 0 Å². The molecule has 33 heavy (non-hydrogen) atoms. The van der Waals surface area contributed by atoms with E-state index in [1.165, 1.54) is 11.1 Å². The monoisotopic (exact) mass is 457 g/mol.